The SMILES string of the molecule is COc1ccc(C(=O)N2CC(=O)N(C/C=C/c3ccccc3)[C@@H](CCc3ccccc3)C2)cc1. The molecular formula is C29H30N2O3. The van der Waals surface area contributed by atoms with E-state index in [9.17, 15) is 9.59 Å². The average Bonchev–Trinajstić information content (AvgIpc) is 2.89. The lowest BCUT2D eigenvalue weighted by Gasteiger charge is -2.41. The van der Waals surface area contributed by atoms with Gasteiger partial charge in [-0.1, -0.05) is 72.8 Å². The van der Waals surface area contributed by atoms with Gasteiger partial charge >= 0.3 is 0 Å². The molecule has 1 atom stereocenters. The Hall–Kier alpha value is -3.86. The van der Waals surface area contributed by atoms with Gasteiger partial charge in [-0.2, -0.15) is 0 Å². The summed E-state index contributed by atoms with van der Waals surface area (Å²) in [6.45, 7) is 1.13. The van der Waals surface area contributed by atoms with Gasteiger partial charge in [0.15, 0.2) is 0 Å². The van der Waals surface area contributed by atoms with E-state index in [0.29, 0.717) is 24.4 Å². The first-order chi connectivity index (χ1) is 16.6. The summed E-state index contributed by atoms with van der Waals surface area (Å²) in [4.78, 5) is 29.9. The van der Waals surface area contributed by atoms with Crippen LogP contribution in [0.25, 0.3) is 6.08 Å². The summed E-state index contributed by atoms with van der Waals surface area (Å²) in [5, 5.41) is 0. The van der Waals surface area contributed by atoms with Gasteiger partial charge in [-0.3, -0.25) is 9.59 Å². The van der Waals surface area contributed by atoms with E-state index in [-0.39, 0.29) is 24.4 Å². The van der Waals surface area contributed by atoms with Crippen molar-refractivity contribution in [1.82, 2.24) is 9.80 Å². The number of methoxy groups -OCH3 is 1. The molecule has 0 N–H and O–H groups in total. The van der Waals surface area contributed by atoms with Crippen molar-refractivity contribution in [2.45, 2.75) is 18.9 Å². The van der Waals surface area contributed by atoms with E-state index >= 15 is 0 Å². The Bertz CT molecular complexity index is 1110. The molecule has 5 nitrogen and oxygen atoms in total. The Balaban J connectivity index is 1.49. The second-order valence-electron chi connectivity index (χ2n) is 8.45. The van der Waals surface area contributed by atoms with Crippen LogP contribution in [0.4, 0.5) is 0 Å². The Morgan fingerprint density at radius 3 is 2.32 bits per heavy atom. The van der Waals surface area contributed by atoms with Gasteiger partial charge in [-0.25, -0.2) is 0 Å². The zero-order chi connectivity index (χ0) is 23.8. The number of benzene rings is 3. The molecule has 0 bridgehead atoms. The molecule has 5 heteroatoms. The molecule has 0 aromatic heterocycles. The summed E-state index contributed by atoms with van der Waals surface area (Å²) in [7, 11) is 1.60. The van der Waals surface area contributed by atoms with Crippen molar-refractivity contribution in [3.05, 3.63) is 108 Å². The van der Waals surface area contributed by atoms with Gasteiger partial charge in [-0.05, 0) is 48.2 Å². The molecule has 3 aromatic carbocycles. The summed E-state index contributed by atoms with van der Waals surface area (Å²) in [5.74, 6) is 0.549. The first-order valence-electron chi connectivity index (χ1n) is 11.6. The van der Waals surface area contributed by atoms with Gasteiger partial charge in [0.25, 0.3) is 5.91 Å². The lowest BCUT2D eigenvalue weighted by Crippen LogP contribution is -2.57. The topological polar surface area (TPSA) is 49.9 Å². The second-order valence-corrected chi connectivity index (χ2v) is 8.45. The predicted octanol–water partition coefficient (Wildman–Crippen LogP) is 4.69. The van der Waals surface area contributed by atoms with E-state index in [1.54, 1.807) is 36.3 Å². The van der Waals surface area contributed by atoms with Crippen LogP contribution in [0, 0.1) is 0 Å². The molecule has 174 valence electrons. The smallest absolute Gasteiger partial charge is 0.254 e. The van der Waals surface area contributed by atoms with Crippen LogP contribution >= 0.6 is 0 Å². The van der Waals surface area contributed by atoms with Crippen LogP contribution in [-0.4, -0.2) is 54.4 Å². The van der Waals surface area contributed by atoms with Crippen LogP contribution in [0.3, 0.4) is 0 Å². The number of carbonyl (C=O) groups excluding carboxylic acids is 2. The second kappa shape index (κ2) is 11.3. The van der Waals surface area contributed by atoms with Crippen molar-refractivity contribution in [3.8, 4) is 5.75 Å². The lowest BCUT2D eigenvalue weighted by atomic mass is 10.0. The van der Waals surface area contributed by atoms with Crippen molar-refractivity contribution in [3.63, 3.8) is 0 Å². The van der Waals surface area contributed by atoms with Gasteiger partial charge in [0, 0.05) is 18.7 Å². The molecule has 1 aliphatic rings. The summed E-state index contributed by atoms with van der Waals surface area (Å²) >= 11 is 0. The fourth-order valence-corrected chi connectivity index (χ4v) is 4.29. The molecule has 1 saturated heterocycles. The van der Waals surface area contributed by atoms with E-state index in [0.717, 1.165) is 18.4 Å². The maximum absolute atomic E-state index is 13.2. The van der Waals surface area contributed by atoms with Crippen LogP contribution in [0.2, 0.25) is 0 Å². The maximum Gasteiger partial charge on any atom is 0.254 e. The average molecular weight is 455 g/mol. The monoisotopic (exact) mass is 454 g/mol. The quantitative estimate of drug-likeness (QED) is 0.496. The molecule has 34 heavy (non-hydrogen) atoms. The third-order valence-corrected chi connectivity index (χ3v) is 6.16. The van der Waals surface area contributed by atoms with E-state index in [4.69, 9.17) is 4.74 Å². The summed E-state index contributed by atoms with van der Waals surface area (Å²) in [6, 6.07) is 27.3. The minimum absolute atomic E-state index is 0.0242. The third-order valence-electron chi connectivity index (χ3n) is 6.16. The first-order valence-corrected chi connectivity index (χ1v) is 11.6. The molecular weight excluding hydrogens is 424 g/mol. The number of hydrogen-bond donors (Lipinski definition) is 0. The Labute approximate surface area is 201 Å². The highest BCUT2D eigenvalue weighted by Gasteiger charge is 2.34. The fraction of sp³-hybridized carbons (Fsp3) is 0.241. The molecule has 1 heterocycles. The molecule has 0 unspecified atom stereocenters. The van der Waals surface area contributed by atoms with Gasteiger partial charge in [-0.15, -0.1) is 0 Å². The number of hydrogen-bond acceptors (Lipinski definition) is 3. The van der Waals surface area contributed by atoms with Crippen molar-refractivity contribution >= 4 is 17.9 Å². The van der Waals surface area contributed by atoms with Gasteiger partial charge < -0.3 is 14.5 Å². The molecule has 0 saturated carbocycles. The van der Waals surface area contributed by atoms with E-state index in [1.807, 2.05) is 65.6 Å². The van der Waals surface area contributed by atoms with Crippen LogP contribution < -0.4 is 4.74 Å². The molecule has 3 aromatic rings. The van der Waals surface area contributed by atoms with E-state index < -0.39 is 0 Å². The molecule has 0 radical (unpaired) electrons. The zero-order valence-electron chi connectivity index (χ0n) is 19.5. The Morgan fingerprint density at radius 2 is 1.65 bits per heavy atom. The normalized spacial score (nSPS) is 16.1. The molecule has 4 rings (SSSR count). The summed E-state index contributed by atoms with van der Waals surface area (Å²) in [6.07, 6.45) is 5.71. The van der Waals surface area contributed by atoms with Crippen LogP contribution in [0.1, 0.15) is 27.9 Å². The zero-order valence-corrected chi connectivity index (χ0v) is 19.5. The summed E-state index contributed by atoms with van der Waals surface area (Å²) in [5.41, 5.74) is 2.89. The van der Waals surface area contributed by atoms with Crippen LogP contribution in [0.5, 0.6) is 5.75 Å². The highest BCUT2D eigenvalue weighted by molar-refractivity contribution is 5.97. The number of aryl methyl sites for hydroxylation is 1. The molecule has 0 aliphatic carbocycles. The molecule has 1 fully saturated rings. The number of amides is 2. The van der Waals surface area contributed by atoms with Gasteiger partial charge in [0.2, 0.25) is 5.91 Å². The fourth-order valence-electron chi connectivity index (χ4n) is 4.29. The standard InChI is InChI=1S/C29H30N2O3/c1-34-27-18-15-25(16-19-27)29(33)30-21-26(17-14-24-11-6-3-7-12-24)31(28(32)22-30)20-8-13-23-9-4-2-5-10-23/h2-13,15-16,18-19,26H,14,17,20-22H2,1H3/b13-8+/t26-/m0/s1. The number of nitrogens with zero attached hydrogens (tertiary/aromatic N) is 2. The van der Waals surface area contributed by atoms with E-state index in [2.05, 4.69) is 12.1 Å². The maximum atomic E-state index is 13.2. The Morgan fingerprint density at radius 1 is 0.971 bits per heavy atom. The van der Waals surface area contributed by atoms with Gasteiger partial charge in [0.1, 0.15) is 12.3 Å². The van der Waals surface area contributed by atoms with Crippen molar-refractivity contribution in [2.24, 2.45) is 0 Å². The van der Waals surface area contributed by atoms with Crippen LogP contribution in [0.15, 0.2) is 91.0 Å². The van der Waals surface area contributed by atoms with Crippen molar-refractivity contribution in [2.75, 3.05) is 26.7 Å². The number of ether oxygens (including phenoxy) is 1. The van der Waals surface area contributed by atoms with Crippen molar-refractivity contribution in [1.29, 1.82) is 0 Å². The largest absolute Gasteiger partial charge is 0.497 e. The van der Waals surface area contributed by atoms with E-state index in [1.165, 1.54) is 5.56 Å². The summed E-state index contributed by atoms with van der Waals surface area (Å²) < 4.78 is 5.19. The molecule has 1 aliphatic heterocycles. The highest BCUT2D eigenvalue weighted by Crippen LogP contribution is 2.20. The highest BCUT2D eigenvalue weighted by atomic mass is 16.5. The number of carbonyl (C=O) groups is 2. The minimum Gasteiger partial charge on any atom is -0.497 e. The number of rotatable bonds is 8. The minimum atomic E-state index is -0.125. The van der Waals surface area contributed by atoms with Gasteiger partial charge in [0.05, 0.1) is 13.2 Å². The predicted molar refractivity (Wildman–Crippen MR) is 135 cm³/mol. The van der Waals surface area contributed by atoms with Crippen molar-refractivity contribution < 1.29 is 14.3 Å². The third kappa shape index (κ3) is 5.93. The van der Waals surface area contributed by atoms with Crippen LogP contribution in [-0.2, 0) is 11.2 Å². The Kier molecular flexibility index (Phi) is 7.76. The first kappa shape index (κ1) is 23.3. The molecule has 2 amide bonds. The molecule has 0 spiro atoms. The lowest BCUT2D eigenvalue weighted by molar-refractivity contribution is -0.138. The number of piperazine rings is 1.